The summed E-state index contributed by atoms with van der Waals surface area (Å²) >= 11 is 0. The molecule has 2 aliphatic rings. The number of ether oxygens (including phenoxy) is 1. The lowest BCUT2D eigenvalue weighted by Gasteiger charge is -2.38. The number of rotatable bonds is 2. The standard InChI is InChI=1S/C13H22N2O4/c1-19-11-4-7-14(8-5-11)13(18)15-6-2-3-10(9-15)12(16)17/h10-11H,2-9H2,1H3,(H,16,17). The zero-order valence-electron chi connectivity index (χ0n) is 11.4. The van der Waals surface area contributed by atoms with Crippen molar-refractivity contribution in [2.45, 2.75) is 31.8 Å². The Morgan fingerprint density at radius 3 is 2.37 bits per heavy atom. The Kier molecular flexibility index (Phi) is 4.63. The van der Waals surface area contributed by atoms with Crippen LogP contribution in [0.15, 0.2) is 0 Å². The van der Waals surface area contributed by atoms with E-state index in [0.717, 1.165) is 19.3 Å². The van der Waals surface area contributed by atoms with Gasteiger partial charge in [0.25, 0.3) is 0 Å². The Morgan fingerprint density at radius 2 is 1.79 bits per heavy atom. The highest BCUT2D eigenvalue weighted by Gasteiger charge is 2.31. The van der Waals surface area contributed by atoms with Crippen molar-refractivity contribution in [2.75, 3.05) is 33.3 Å². The first-order valence-corrected chi connectivity index (χ1v) is 6.91. The molecular weight excluding hydrogens is 248 g/mol. The van der Waals surface area contributed by atoms with E-state index in [0.29, 0.717) is 32.6 Å². The molecule has 0 aliphatic carbocycles. The van der Waals surface area contributed by atoms with Gasteiger partial charge in [-0.25, -0.2) is 4.79 Å². The third-order valence-corrected chi connectivity index (χ3v) is 4.09. The van der Waals surface area contributed by atoms with Gasteiger partial charge in [-0.15, -0.1) is 0 Å². The van der Waals surface area contributed by atoms with E-state index in [-0.39, 0.29) is 12.1 Å². The predicted octanol–water partition coefficient (Wildman–Crippen LogP) is 1.01. The maximum atomic E-state index is 12.3. The van der Waals surface area contributed by atoms with E-state index < -0.39 is 11.9 Å². The SMILES string of the molecule is COC1CCN(C(=O)N2CCCC(C(=O)O)C2)CC1. The molecule has 0 aromatic heterocycles. The molecule has 0 bridgehead atoms. The summed E-state index contributed by atoms with van der Waals surface area (Å²) in [4.78, 5) is 26.9. The molecule has 6 heteroatoms. The van der Waals surface area contributed by atoms with Crippen LogP contribution in [0.4, 0.5) is 4.79 Å². The Balaban J connectivity index is 1.87. The summed E-state index contributed by atoms with van der Waals surface area (Å²) in [5.74, 6) is -1.20. The second-order valence-electron chi connectivity index (χ2n) is 5.33. The molecule has 19 heavy (non-hydrogen) atoms. The van der Waals surface area contributed by atoms with Crippen LogP contribution < -0.4 is 0 Å². The third-order valence-electron chi connectivity index (χ3n) is 4.09. The molecule has 2 aliphatic heterocycles. The first-order valence-electron chi connectivity index (χ1n) is 6.91. The number of amides is 2. The number of hydrogen-bond acceptors (Lipinski definition) is 3. The third kappa shape index (κ3) is 3.37. The molecule has 0 radical (unpaired) electrons. The molecule has 0 aromatic carbocycles. The van der Waals surface area contributed by atoms with Crippen LogP contribution in [0, 0.1) is 5.92 Å². The largest absolute Gasteiger partial charge is 0.481 e. The van der Waals surface area contributed by atoms with E-state index in [1.165, 1.54) is 0 Å². The minimum atomic E-state index is -0.796. The fourth-order valence-corrected chi connectivity index (χ4v) is 2.84. The van der Waals surface area contributed by atoms with Gasteiger partial charge in [0.1, 0.15) is 0 Å². The van der Waals surface area contributed by atoms with Crippen LogP contribution >= 0.6 is 0 Å². The molecule has 6 nitrogen and oxygen atoms in total. The van der Waals surface area contributed by atoms with Crippen LogP contribution in [0.25, 0.3) is 0 Å². The highest BCUT2D eigenvalue weighted by Crippen LogP contribution is 2.20. The van der Waals surface area contributed by atoms with Gasteiger partial charge in [-0.1, -0.05) is 0 Å². The van der Waals surface area contributed by atoms with Crippen molar-refractivity contribution in [1.82, 2.24) is 9.80 Å². The van der Waals surface area contributed by atoms with Gasteiger partial charge in [-0.05, 0) is 25.7 Å². The highest BCUT2D eigenvalue weighted by molar-refractivity contribution is 5.76. The van der Waals surface area contributed by atoms with Crippen molar-refractivity contribution >= 4 is 12.0 Å². The molecular formula is C13H22N2O4. The Bertz CT molecular complexity index is 340. The molecule has 2 amide bonds. The van der Waals surface area contributed by atoms with Gasteiger partial charge in [0.2, 0.25) is 0 Å². The summed E-state index contributed by atoms with van der Waals surface area (Å²) in [6.45, 7) is 2.42. The minimum absolute atomic E-state index is 0.0134. The molecule has 0 saturated carbocycles. The molecule has 2 rings (SSSR count). The average molecular weight is 270 g/mol. The summed E-state index contributed by atoms with van der Waals surface area (Å²) in [7, 11) is 1.70. The van der Waals surface area contributed by atoms with E-state index in [9.17, 15) is 9.59 Å². The van der Waals surface area contributed by atoms with Crippen molar-refractivity contribution in [3.63, 3.8) is 0 Å². The summed E-state index contributed by atoms with van der Waals surface area (Å²) < 4.78 is 5.28. The normalized spacial score (nSPS) is 25.4. The highest BCUT2D eigenvalue weighted by atomic mass is 16.5. The number of carboxylic acid groups (broad SMARTS) is 1. The minimum Gasteiger partial charge on any atom is -0.481 e. The summed E-state index contributed by atoms with van der Waals surface area (Å²) in [5.41, 5.74) is 0. The lowest BCUT2D eigenvalue weighted by molar-refractivity contribution is -0.143. The quantitative estimate of drug-likeness (QED) is 0.813. The second kappa shape index (κ2) is 6.23. The van der Waals surface area contributed by atoms with Gasteiger partial charge in [0.15, 0.2) is 0 Å². The second-order valence-corrected chi connectivity index (χ2v) is 5.33. The van der Waals surface area contributed by atoms with Crippen molar-refractivity contribution < 1.29 is 19.4 Å². The van der Waals surface area contributed by atoms with Crippen molar-refractivity contribution in [1.29, 1.82) is 0 Å². The maximum Gasteiger partial charge on any atom is 0.320 e. The van der Waals surface area contributed by atoms with Crippen LogP contribution in [0.1, 0.15) is 25.7 Å². The lowest BCUT2D eigenvalue weighted by Crippen LogP contribution is -2.51. The first kappa shape index (κ1) is 14.1. The van der Waals surface area contributed by atoms with Crippen molar-refractivity contribution in [3.05, 3.63) is 0 Å². The molecule has 0 spiro atoms. The van der Waals surface area contributed by atoms with Crippen LogP contribution in [0.2, 0.25) is 0 Å². The summed E-state index contributed by atoms with van der Waals surface area (Å²) in [5, 5.41) is 9.05. The van der Waals surface area contributed by atoms with Crippen LogP contribution in [-0.4, -0.2) is 66.3 Å². The lowest BCUT2D eigenvalue weighted by atomic mass is 9.98. The van der Waals surface area contributed by atoms with Crippen LogP contribution in [0.5, 0.6) is 0 Å². The number of piperidine rings is 2. The summed E-state index contributed by atoms with van der Waals surface area (Å²) in [6, 6.07) is -0.0134. The molecule has 1 unspecified atom stereocenters. The van der Waals surface area contributed by atoms with Crippen LogP contribution in [-0.2, 0) is 9.53 Å². The Morgan fingerprint density at radius 1 is 1.11 bits per heavy atom. The number of methoxy groups -OCH3 is 1. The molecule has 108 valence electrons. The average Bonchev–Trinajstić information content (AvgIpc) is 2.46. The maximum absolute atomic E-state index is 12.3. The number of carbonyl (C=O) groups is 2. The topological polar surface area (TPSA) is 70.1 Å². The first-order chi connectivity index (χ1) is 9.11. The molecule has 0 aromatic rings. The number of urea groups is 1. The van der Waals surface area contributed by atoms with Gasteiger partial charge in [-0.3, -0.25) is 4.79 Å². The zero-order valence-corrected chi connectivity index (χ0v) is 11.4. The van der Waals surface area contributed by atoms with E-state index in [1.807, 2.05) is 4.90 Å². The Labute approximate surface area is 113 Å². The van der Waals surface area contributed by atoms with E-state index >= 15 is 0 Å². The monoisotopic (exact) mass is 270 g/mol. The number of carboxylic acids is 1. The van der Waals surface area contributed by atoms with Crippen molar-refractivity contribution in [2.24, 2.45) is 5.92 Å². The molecule has 1 atom stereocenters. The van der Waals surface area contributed by atoms with Gasteiger partial charge in [0.05, 0.1) is 12.0 Å². The number of aliphatic carboxylic acids is 1. The predicted molar refractivity (Wildman–Crippen MR) is 68.9 cm³/mol. The fourth-order valence-electron chi connectivity index (χ4n) is 2.84. The number of likely N-dealkylation sites (tertiary alicyclic amines) is 2. The van der Waals surface area contributed by atoms with Crippen molar-refractivity contribution in [3.8, 4) is 0 Å². The zero-order chi connectivity index (χ0) is 13.8. The van der Waals surface area contributed by atoms with E-state index in [4.69, 9.17) is 9.84 Å². The molecule has 2 heterocycles. The van der Waals surface area contributed by atoms with E-state index in [1.54, 1.807) is 12.0 Å². The number of hydrogen-bond donors (Lipinski definition) is 1. The summed E-state index contributed by atoms with van der Waals surface area (Å²) in [6.07, 6.45) is 3.41. The fraction of sp³-hybridized carbons (Fsp3) is 0.846. The van der Waals surface area contributed by atoms with Gasteiger partial charge < -0.3 is 19.6 Å². The molecule has 1 N–H and O–H groups in total. The smallest absolute Gasteiger partial charge is 0.320 e. The number of carbonyl (C=O) groups excluding carboxylic acids is 1. The Hall–Kier alpha value is -1.30. The van der Waals surface area contributed by atoms with Crippen LogP contribution in [0.3, 0.4) is 0 Å². The molecule has 2 fully saturated rings. The number of nitrogens with zero attached hydrogens (tertiary/aromatic N) is 2. The van der Waals surface area contributed by atoms with Gasteiger partial charge in [-0.2, -0.15) is 0 Å². The molecule has 2 saturated heterocycles. The van der Waals surface area contributed by atoms with Gasteiger partial charge in [0, 0.05) is 33.3 Å². The van der Waals surface area contributed by atoms with Gasteiger partial charge >= 0.3 is 12.0 Å². The van der Waals surface area contributed by atoms with E-state index in [2.05, 4.69) is 0 Å².